The van der Waals surface area contributed by atoms with Crippen molar-refractivity contribution in [3.05, 3.63) is 84.3 Å². The molecule has 4 aromatic heterocycles. The van der Waals surface area contributed by atoms with Crippen molar-refractivity contribution in [2.24, 2.45) is 0 Å². The number of aromatic nitrogens is 5. The fourth-order valence-corrected chi connectivity index (χ4v) is 3.65. The van der Waals surface area contributed by atoms with Gasteiger partial charge in [0.05, 0.1) is 31.6 Å². The molecule has 150 valence electrons. The second-order valence-corrected chi connectivity index (χ2v) is 7.20. The van der Waals surface area contributed by atoms with Crippen molar-refractivity contribution in [2.45, 2.75) is 12.6 Å². The number of pyridine rings is 3. The Balaban J connectivity index is 1.35. The van der Waals surface area contributed by atoms with Crippen LogP contribution in [0, 0.1) is 0 Å². The first kappa shape index (κ1) is 18.4. The number of fused-ring (bicyclic) bond motifs is 1. The van der Waals surface area contributed by atoms with Crippen LogP contribution in [0.3, 0.4) is 0 Å². The van der Waals surface area contributed by atoms with Crippen LogP contribution in [0.4, 0.5) is 0 Å². The van der Waals surface area contributed by atoms with Gasteiger partial charge in [0.1, 0.15) is 11.6 Å². The summed E-state index contributed by atoms with van der Waals surface area (Å²) < 4.78 is 7.79. The lowest BCUT2D eigenvalue weighted by Gasteiger charge is -2.33. The van der Waals surface area contributed by atoms with Gasteiger partial charge in [0.25, 0.3) is 5.91 Å². The van der Waals surface area contributed by atoms with E-state index in [2.05, 4.69) is 19.9 Å². The van der Waals surface area contributed by atoms with E-state index in [4.69, 9.17) is 4.74 Å². The number of hydrogen-bond donors (Lipinski definition) is 0. The van der Waals surface area contributed by atoms with Crippen LogP contribution in [0.5, 0.6) is 0 Å². The molecule has 4 aromatic rings. The third-order valence-electron chi connectivity index (χ3n) is 5.19. The van der Waals surface area contributed by atoms with Crippen molar-refractivity contribution < 1.29 is 9.53 Å². The lowest BCUT2D eigenvalue weighted by atomic mass is 10.1. The van der Waals surface area contributed by atoms with Crippen LogP contribution in [0.1, 0.15) is 27.6 Å². The van der Waals surface area contributed by atoms with Crippen LogP contribution in [0.15, 0.2) is 67.6 Å². The molecule has 0 saturated carbocycles. The van der Waals surface area contributed by atoms with Gasteiger partial charge in [-0.2, -0.15) is 0 Å². The Morgan fingerprint density at radius 3 is 2.77 bits per heavy atom. The molecule has 1 amide bonds. The number of nitrogens with zero attached hydrogens (tertiary/aromatic N) is 6. The molecular formula is C22H20N6O2. The molecule has 5 heterocycles. The number of imidazole rings is 1. The molecular weight excluding hydrogens is 380 g/mol. The monoisotopic (exact) mass is 400 g/mol. The largest absolute Gasteiger partial charge is 0.370 e. The van der Waals surface area contributed by atoms with Crippen molar-refractivity contribution in [3.63, 3.8) is 0 Å². The van der Waals surface area contributed by atoms with Crippen molar-refractivity contribution >= 4 is 17.1 Å². The molecule has 0 spiro atoms. The molecule has 0 N–H and O–H groups in total. The lowest BCUT2D eigenvalue weighted by molar-refractivity contribution is -0.0229. The molecule has 1 aliphatic rings. The van der Waals surface area contributed by atoms with E-state index >= 15 is 0 Å². The normalized spacial score (nSPS) is 16.7. The van der Waals surface area contributed by atoms with Crippen LogP contribution < -0.4 is 0 Å². The van der Waals surface area contributed by atoms with E-state index in [9.17, 15) is 4.79 Å². The summed E-state index contributed by atoms with van der Waals surface area (Å²) >= 11 is 0. The van der Waals surface area contributed by atoms with E-state index < -0.39 is 0 Å². The standard InChI is InChI=1S/C22H20N6O2/c29-22(27-7-8-30-20(14-27)17-4-2-6-24-11-17)18-9-19-21(25-12-18)28(15-26-19)13-16-3-1-5-23-10-16/h1-6,9-12,15,20H,7-8,13-14H2. The van der Waals surface area contributed by atoms with Crippen LogP contribution in [-0.4, -0.2) is 55.0 Å². The molecule has 5 rings (SSSR count). The molecule has 1 aliphatic heterocycles. The maximum absolute atomic E-state index is 13.1. The van der Waals surface area contributed by atoms with Crippen molar-refractivity contribution in [2.75, 3.05) is 19.7 Å². The quantitative estimate of drug-likeness (QED) is 0.523. The minimum absolute atomic E-state index is 0.0663. The second-order valence-electron chi connectivity index (χ2n) is 7.20. The Morgan fingerprint density at radius 2 is 1.97 bits per heavy atom. The summed E-state index contributed by atoms with van der Waals surface area (Å²) in [4.78, 5) is 32.1. The molecule has 1 saturated heterocycles. The molecule has 30 heavy (non-hydrogen) atoms. The average Bonchev–Trinajstić information content (AvgIpc) is 3.22. The minimum Gasteiger partial charge on any atom is -0.370 e. The predicted octanol–water partition coefficient (Wildman–Crippen LogP) is 2.48. The molecule has 1 unspecified atom stereocenters. The number of amides is 1. The molecule has 0 aromatic carbocycles. The molecule has 1 fully saturated rings. The van der Waals surface area contributed by atoms with Gasteiger partial charge in [-0.15, -0.1) is 0 Å². The lowest BCUT2D eigenvalue weighted by Crippen LogP contribution is -2.42. The smallest absolute Gasteiger partial charge is 0.255 e. The van der Waals surface area contributed by atoms with Gasteiger partial charge in [0.15, 0.2) is 5.65 Å². The van der Waals surface area contributed by atoms with E-state index in [1.165, 1.54) is 0 Å². The third kappa shape index (κ3) is 3.65. The zero-order valence-corrected chi connectivity index (χ0v) is 16.3. The number of rotatable bonds is 4. The van der Waals surface area contributed by atoms with Gasteiger partial charge in [0, 0.05) is 43.1 Å². The first-order chi connectivity index (χ1) is 14.8. The van der Waals surface area contributed by atoms with Crippen LogP contribution in [0.25, 0.3) is 11.2 Å². The Hall–Kier alpha value is -3.65. The second kappa shape index (κ2) is 8.00. The molecule has 1 atom stereocenters. The predicted molar refractivity (Wildman–Crippen MR) is 110 cm³/mol. The summed E-state index contributed by atoms with van der Waals surface area (Å²) in [6.45, 7) is 2.14. The summed E-state index contributed by atoms with van der Waals surface area (Å²) in [7, 11) is 0. The van der Waals surface area contributed by atoms with Gasteiger partial charge in [0.2, 0.25) is 0 Å². The number of morpholine rings is 1. The topological polar surface area (TPSA) is 86.0 Å². The summed E-state index contributed by atoms with van der Waals surface area (Å²) in [6, 6.07) is 9.56. The molecule has 0 aliphatic carbocycles. The van der Waals surface area contributed by atoms with E-state index in [0.717, 1.165) is 16.8 Å². The maximum atomic E-state index is 13.1. The number of carbonyl (C=O) groups excluding carboxylic acids is 1. The molecule has 8 nitrogen and oxygen atoms in total. The summed E-state index contributed by atoms with van der Waals surface area (Å²) in [5.41, 5.74) is 4.00. The van der Waals surface area contributed by atoms with Crippen LogP contribution in [-0.2, 0) is 11.3 Å². The number of hydrogen-bond acceptors (Lipinski definition) is 6. The van der Waals surface area contributed by atoms with E-state index in [0.29, 0.717) is 37.3 Å². The Kier molecular flexibility index (Phi) is 4.90. The maximum Gasteiger partial charge on any atom is 0.255 e. The molecule has 8 heteroatoms. The van der Waals surface area contributed by atoms with Crippen molar-refractivity contribution in [1.29, 1.82) is 0 Å². The van der Waals surface area contributed by atoms with E-state index in [1.807, 2.05) is 35.0 Å². The Bertz CT molecular complexity index is 1160. The van der Waals surface area contributed by atoms with Gasteiger partial charge >= 0.3 is 0 Å². The van der Waals surface area contributed by atoms with Crippen molar-refractivity contribution in [1.82, 2.24) is 29.4 Å². The van der Waals surface area contributed by atoms with Gasteiger partial charge in [-0.1, -0.05) is 12.1 Å². The summed E-state index contributed by atoms with van der Waals surface area (Å²) in [5.74, 6) is -0.0663. The first-order valence-corrected chi connectivity index (χ1v) is 9.78. The highest BCUT2D eigenvalue weighted by atomic mass is 16.5. The highest BCUT2D eigenvalue weighted by Crippen LogP contribution is 2.23. The van der Waals surface area contributed by atoms with Gasteiger partial charge in [-0.05, 0) is 23.8 Å². The SMILES string of the molecule is O=C(c1cnc2c(c1)ncn2Cc1cccnc1)N1CCOC(c2cccnc2)C1. The average molecular weight is 400 g/mol. The van der Waals surface area contributed by atoms with E-state index in [1.54, 1.807) is 42.1 Å². The number of ether oxygens (including phenoxy) is 1. The summed E-state index contributed by atoms with van der Waals surface area (Å²) in [5, 5.41) is 0. The van der Waals surface area contributed by atoms with Crippen LogP contribution >= 0.6 is 0 Å². The van der Waals surface area contributed by atoms with Gasteiger partial charge in [-0.3, -0.25) is 14.8 Å². The highest BCUT2D eigenvalue weighted by molar-refractivity contribution is 5.96. The van der Waals surface area contributed by atoms with Crippen molar-refractivity contribution in [3.8, 4) is 0 Å². The van der Waals surface area contributed by atoms with Gasteiger partial charge in [-0.25, -0.2) is 9.97 Å². The third-order valence-corrected chi connectivity index (χ3v) is 5.19. The van der Waals surface area contributed by atoms with Crippen LogP contribution in [0.2, 0.25) is 0 Å². The molecule has 0 bridgehead atoms. The Morgan fingerprint density at radius 1 is 1.10 bits per heavy atom. The number of carbonyl (C=O) groups is 1. The zero-order valence-electron chi connectivity index (χ0n) is 16.3. The Labute approximate surface area is 173 Å². The molecule has 0 radical (unpaired) electrons. The first-order valence-electron chi connectivity index (χ1n) is 9.78. The minimum atomic E-state index is -0.174. The van der Waals surface area contributed by atoms with E-state index in [-0.39, 0.29) is 12.0 Å². The zero-order chi connectivity index (χ0) is 20.3. The highest BCUT2D eigenvalue weighted by Gasteiger charge is 2.26. The fourth-order valence-electron chi connectivity index (χ4n) is 3.65. The summed E-state index contributed by atoms with van der Waals surface area (Å²) in [6.07, 6.45) is 10.3. The fraction of sp³-hybridized carbons (Fsp3) is 0.227. The van der Waals surface area contributed by atoms with Gasteiger partial charge < -0.3 is 14.2 Å².